The molecular weight excluding hydrogens is 266 g/mol. The minimum absolute atomic E-state index is 0.0699. The zero-order chi connectivity index (χ0) is 15.4. The van der Waals surface area contributed by atoms with Gasteiger partial charge in [-0.05, 0) is 46.5 Å². The Labute approximate surface area is 127 Å². The van der Waals surface area contributed by atoms with Crippen LogP contribution in [0.2, 0.25) is 0 Å². The number of rotatable bonds is 5. The number of ether oxygens (including phenoxy) is 1. The molecule has 0 saturated carbocycles. The molecule has 0 radical (unpaired) electrons. The largest absolute Gasteiger partial charge is 0.378 e. The first-order chi connectivity index (χ1) is 10.0. The summed E-state index contributed by atoms with van der Waals surface area (Å²) in [7, 11) is 1.87. The molecule has 1 aromatic heterocycles. The molecule has 5 heteroatoms. The summed E-state index contributed by atoms with van der Waals surface area (Å²) in [6.45, 7) is 8.31. The van der Waals surface area contributed by atoms with Crippen molar-refractivity contribution in [3.63, 3.8) is 0 Å². The van der Waals surface area contributed by atoms with Crippen molar-refractivity contribution in [3.05, 3.63) is 17.0 Å². The number of hydrogen-bond donors (Lipinski definition) is 0. The van der Waals surface area contributed by atoms with Crippen molar-refractivity contribution < 1.29 is 9.53 Å². The SMILES string of the molecule is CCn1nc(C)c(C(=O)N(C)CC[C@@H]2CCCCO2)c1C. The van der Waals surface area contributed by atoms with E-state index in [1.54, 1.807) is 4.90 Å². The molecule has 1 amide bonds. The Morgan fingerprint density at radius 1 is 1.43 bits per heavy atom. The minimum Gasteiger partial charge on any atom is -0.378 e. The van der Waals surface area contributed by atoms with E-state index in [0.29, 0.717) is 6.10 Å². The second-order valence-electron chi connectivity index (χ2n) is 5.87. The number of carbonyl (C=O) groups excluding carboxylic acids is 1. The van der Waals surface area contributed by atoms with Crippen molar-refractivity contribution in [2.24, 2.45) is 0 Å². The molecule has 1 saturated heterocycles. The summed E-state index contributed by atoms with van der Waals surface area (Å²) in [5.41, 5.74) is 2.53. The van der Waals surface area contributed by atoms with Crippen LogP contribution < -0.4 is 0 Å². The summed E-state index contributed by atoms with van der Waals surface area (Å²) in [4.78, 5) is 14.4. The van der Waals surface area contributed by atoms with E-state index in [9.17, 15) is 4.79 Å². The van der Waals surface area contributed by atoms with Crippen molar-refractivity contribution >= 4 is 5.91 Å². The van der Waals surface area contributed by atoms with Gasteiger partial charge in [-0.15, -0.1) is 0 Å². The number of aromatic nitrogens is 2. The summed E-state index contributed by atoms with van der Waals surface area (Å²) in [6.07, 6.45) is 4.76. The molecule has 0 N–H and O–H groups in total. The van der Waals surface area contributed by atoms with Crippen LogP contribution in [0, 0.1) is 13.8 Å². The molecule has 0 bridgehead atoms. The molecule has 118 valence electrons. The molecule has 1 fully saturated rings. The Bertz CT molecular complexity index is 490. The highest BCUT2D eigenvalue weighted by molar-refractivity contribution is 5.96. The molecular formula is C16H27N3O2. The van der Waals surface area contributed by atoms with E-state index in [-0.39, 0.29) is 5.91 Å². The van der Waals surface area contributed by atoms with Crippen LogP contribution in [0.3, 0.4) is 0 Å². The van der Waals surface area contributed by atoms with Crippen LogP contribution >= 0.6 is 0 Å². The second kappa shape index (κ2) is 7.07. The van der Waals surface area contributed by atoms with Gasteiger partial charge in [-0.3, -0.25) is 9.48 Å². The number of nitrogens with zero attached hydrogens (tertiary/aromatic N) is 3. The highest BCUT2D eigenvalue weighted by Crippen LogP contribution is 2.18. The lowest BCUT2D eigenvalue weighted by Crippen LogP contribution is -2.32. The Morgan fingerprint density at radius 2 is 2.19 bits per heavy atom. The first-order valence-corrected chi connectivity index (χ1v) is 7.95. The van der Waals surface area contributed by atoms with Gasteiger partial charge in [-0.2, -0.15) is 5.10 Å². The van der Waals surface area contributed by atoms with Gasteiger partial charge in [0.2, 0.25) is 0 Å². The quantitative estimate of drug-likeness (QED) is 0.838. The van der Waals surface area contributed by atoms with Crippen molar-refractivity contribution in [1.29, 1.82) is 0 Å². The zero-order valence-corrected chi connectivity index (χ0v) is 13.7. The van der Waals surface area contributed by atoms with Gasteiger partial charge in [-0.25, -0.2) is 0 Å². The highest BCUT2D eigenvalue weighted by atomic mass is 16.5. The third-order valence-electron chi connectivity index (χ3n) is 4.30. The van der Waals surface area contributed by atoms with Crippen LogP contribution in [-0.4, -0.2) is 46.9 Å². The predicted octanol–water partition coefficient (Wildman–Crippen LogP) is 2.55. The lowest BCUT2D eigenvalue weighted by atomic mass is 10.1. The normalized spacial score (nSPS) is 18.8. The highest BCUT2D eigenvalue weighted by Gasteiger charge is 2.22. The Morgan fingerprint density at radius 3 is 2.76 bits per heavy atom. The van der Waals surface area contributed by atoms with E-state index >= 15 is 0 Å². The van der Waals surface area contributed by atoms with Crippen molar-refractivity contribution in [1.82, 2.24) is 14.7 Å². The molecule has 0 unspecified atom stereocenters. The summed E-state index contributed by atoms with van der Waals surface area (Å²) in [5, 5.41) is 4.43. The molecule has 2 heterocycles. The minimum atomic E-state index is 0.0699. The first kappa shape index (κ1) is 16.0. The Hall–Kier alpha value is -1.36. The number of hydrogen-bond acceptors (Lipinski definition) is 3. The standard InChI is InChI=1S/C16H27N3O2/c1-5-19-13(3)15(12(2)17-19)16(20)18(4)10-9-14-8-6-7-11-21-14/h14H,5-11H2,1-4H3/t14-/m0/s1. The van der Waals surface area contributed by atoms with Crippen molar-refractivity contribution in [2.45, 2.75) is 59.1 Å². The molecule has 1 aliphatic heterocycles. The summed E-state index contributed by atoms with van der Waals surface area (Å²) in [5.74, 6) is 0.0699. The van der Waals surface area contributed by atoms with E-state index in [2.05, 4.69) is 5.10 Å². The van der Waals surface area contributed by atoms with Crippen LogP contribution in [0.1, 0.15) is 54.4 Å². The van der Waals surface area contributed by atoms with Gasteiger partial charge in [0.1, 0.15) is 0 Å². The number of carbonyl (C=O) groups is 1. The maximum atomic E-state index is 12.6. The molecule has 1 aliphatic rings. The van der Waals surface area contributed by atoms with Crippen LogP contribution in [0.5, 0.6) is 0 Å². The zero-order valence-electron chi connectivity index (χ0n) is 13.7. The maximum Gasteiger partial charge on any atom is 0.257 e. The molecule has 5 nitrogen and oxygen atoms in total. The van der Waals surface area contributed by atoms with Crippen LogP contribution in [-0.2, 0) is 11.3 Å². The lowest BCUT2D eigenvalue weighted by Gasteiger charge is -2.25. The number of amides is 1. The molecule has 0 aliphatic carbocycles. The molecule has 21 heavy (non-hydrogen) atoms. The van der Waals surface area contributed by atoms with Gasteiger partial charge in [0.25, 0.3) is 5.91 Å². The number of aryl methyl sites for hydroxylation is 2. The van der Waals surface area contributed by atoms with E-state index in [1.165, 1.54) is 12.8 Å². The van der Waals surface area contributed by atoms with Gasteiger partial charge < -0.3 is 9.64 Å². The molecule has 0 spiro atoms. The van der Waals surface area contributed by atoms with Gasteiger partial charge >= 0.3 is 0 Å². The van der Waals surface area contributed by atoms with Crippen LogP contribution in [0.15, 0.2) is 0 Å². The Balaban J connectivity index is 1.97. The van der Waals surface area contributed by atoms with Gasteiger partial charge in [0, 0.05) is 32.4 Å². The summed E-state index contributed by atoms with van der Waals surface area (Å²) in [6, 6.07) is 0. The first-order valence-electron chi connectivity index (χ1n) is 7.95. The smallest absolute Gasteiger partial charge is 0.257 e. The fourth-order valence-corrected chi connectivity index (χ4v) is 2.98. The van der Waals surface area contributed by atoms with Gasteiger partial charge in [-0.1, -0.05) is 0 Å². The van der Waals surface area contributed by atoms with Gasteiger partial charge in [0.15, 0.2) is 0 Å². The fourth-order valence-electron chi connectivity index (χ4n) is 2.98. The average Bonchev–Trinajstić information content (AvgIpc) is 2.79. The lowest BCUT2D eigenvalue weighted by molar-refractivity contribution is 0.00708. The summed E-state index contributed by atoms with van der Waals surface area (Å²) < 4.78 is 7.62. The van der Waals surface area contributed by atoms with E-state index in [0.717, 1.165) is 49.5 Å². The van der Waals surface area contributed by atoms with Crippen LogP contribution in [0.4, 0.5) is 0 Å². The maximum absolute atomic E-state index is 12.6. The second-order valence-corrected chi connectivity index (χ2v) is 5.87. The van der Waals surface area contributed by atoms with E-state index in [1.807, 2.05) is 32.5 Å². The third kappa shape index (κ3) is 3.64. The van der Waals surface area contributed by atoms with E-state index in [4.69, 9.17) is 4.74 Å². The average molecular weight is 293 g/mol. The van der Waals surface area contributed by atoms with Crippen molar-refractivity contribution in [3.8, 4) is 0 Å². The van der Waals surface area contributed by atoms with Crippen molar-refractivity contribution in [2.75, 3.05) is 20.2 Å². The molecule has 0 aromatic carbocycles. The Kier molecular flexibility index (Phi) is 5.39. The molecule has 1 atom stereocenters. The molecule has 2 rings (SSSR count). The fraction of sp³-hybridized carbons (Fsp3) is 0.750. The van der Waals surface area contributed by atoms with Crippen LogP contribution in [0.25, 0.3) is 0 Å². The summed E-state index contributed by atoms with van der Waals surface area (Å²) >= 11 is 0. The van der Waals surface area contributed by atoms with E-state index < -0.39 is 0 Å². The monoisotopic (exact) mass is 293 g/mol. The predicted molar refractivity (Wildman–Crippen MR) is 82.5 cm³/mol. The third-order valence-corrected chi connectivity index (χ3v) is 4.30. The van der Waals surface area contributed by atoms with Gasteiger partial charge in [0.05, 0.1) is 17.4 Å². The molecule has 1 aromatic rings. The topological polar surface area (TPSA) is 47.4 Å².